The van der Waals surface area contributed by atoms with Gasteiger partial charge in [-0.05, 0) is 42.7 Å². The van der Waals surface area contributed by atoms with Gasteiger partial charge >= 0.3 is 0 Å². The number of carbonyl (C=O) groups is 1. The summed E-state index contributed by atoms with van der Waals surface area (Å²) in [7, 11) is 0. The molecule has 2 N–H and O–H groups in total. The summed E-state index contributed by atoms with van der Waals surface area (Å²) in [5.74, 6) is 0.447. The molecule has 0 fully saturated rings. The predicted octanol–water partition coefficient (Wildman–Crippen LogP) is 2.28. The van der Waals surface area contributed by atoms with Crippen molar-refractivity contribution in [1.29, 1.82) is 0 Å². The van der Waals surface area contributed by atoms with Crippen LogP contribution in [0.4, 0.5) is 0 Å². The Morgan fingerprint density at radius 1 is 1.35 bits per heavy atom. The molecule has 0 saturated heterocycles. The molecular weight excluding hydrogens is 216 g/mol. The SMILES string of the molecule is CC(=NNC(=O)CC(C)C)c1ccc(O)cc1. The third kappa shape index (κ3) is 4.68. The summed E-state index contributed by atoms with van der Waals surface area (Å²) >= 11 is 0. The Balaban J connectivity index is 2.60. The number of carbonyl (C=O) groups excluding carboxylic acids is 1. The fourth-order valence-corrected chi connectivity index (χ4v) is 1.33. The lowest BCUT2D eigenvalue weighted by Gasteiger charge is -2.04. The van der Waals surface area contributed by atoms with Gasteiger partial charge in [0.2, 0.25) is 5.91 Å². The first-order valence-electron chi connectivity index (χ1n) is 5.61. The first-order valence-corrected chi connectivity index (χ1v) is 5.61. The molecule has 0 aliphatic heterocycles. The van der Waals surface area contributed by atoms with Gasteiger partial charge in [0, 0.05) is 6.42 Å². The molecule has 1 aromatic carbocycles. The molecule has 0 heterocycles. The molecule has 17 heavy (non-hydrogen) atoms. The van der Waals surface area contributed by atoms with Crippen LogP contribution in [-0.2, 0) is 4.79 Å². The minimum absolute atomic E-state index is 0.0851. The molecule has 0 aromatic heterocycles. The van der Waals surface area contributed by atoms with Crippen LogP contribution in [0.15, 0.2) is 29.4 Å². The fourth-order valence-electron chi connectivity index (χ4n) is 1.33. The van der Waals surface area contributed by atoms with Crippen molar-refractivity contribution in [3.05, 3.63) is 29.8 Å². The Hall–Kier alpha value is -1.84. The molecule has 0 atom stereocenters. The molecule has 0 aliphatic rings. The Morgan fingerprint density at radius 2 is 1.94 bits per heavy atom. The van der Waals surface area contributed by atoms with Gasteiger partial charge in [0.1, 0.15) is 5.75 Å². The molecule has 0 unspecified atom stereocenters. The minimum atomic E-state index is -0.0851. The van der Waals surface area contributed by atoms with Gasteiger partial charge in [-0.3, -0.25) is 4.79 Å². The number of hydrogen-bond acceptors (Lipinski definition) is 3. The molecular formula is C13H18N2O2. The quantitative estimate of drug-likeness (QED) is 0.620. The zero-order valence-electron chi connectivity index (χ0n) is 10.4. The van der Waals surface area contributed by atoms with Crippen molar-refractivity contribution < 1.29 is 9.90 Å². The molecule has 4 heteroatoms. The lowest BCUT2D eigenvalue weighted by molar-refractivity contribution is -0.121. The number of amides is 1. The smallest absolute Gasteiger partial charge is 0.240 e. The van der Waals surface area contributed by atoms with E-state index in [-0.39, 0.29) is 11.7 Å². The van der Waals surface area contributed by atoms with Crippen LogP contribution in [0.25, 0.3) is 0 Å². The number of benzene rings is 1. The van der Waals surface area contributed by atoms with Crippen molar-refractivity contribution in [3.63, 3.8) is 0 Å². The van der Waals surface area contributed by atoms with Crippen LogP contribution in [0.1, 0.15) is 32.8 Å². The third-order valence-corrected chi connectivity index (χ3v) is 2.23. The van der Waals surface area contributed by atoms with Crippen molar-refractivity contribution >= 4 is 11.6 Å². The van der Waals surface area contributed by atoms with E-state index in [1.54, 1.807) is 24.3 Å². The second-order valence-electron chi connectivity index (χ2n) is 4.38. The number of hydrogen-bond donors (Lipinski definition) is 2. The van der Waals surface area contributed by atoms with E-state index < -0.39 is 0 Å². The van der Waals surface area contributed by atoms with Crippen LogP contribution >= 0.6 is 0 Å². The maximum absolute atomic E-state index is 11.4. The summed E-state index contributed by atoms with van der Waals surface area (Å²) in [6, 6.07) is 6.68. The Labute approximate surface area is 101 Å². The molecule has 0 bridgehead atoms. The molecule has 0 aliphatic carbocycles. The molecule has 0 spiro atoms. The van der Waals surface area contributed by atoms with Crippen LogP contribution < -0.4 is 5.43 Å². The van der Waals surface area contributed by atoms with Crippen LogP contribution in [0.2, 0.25) is 0 Å². The van der Waals surface area contributed by atoms with Gasteiger partial charge in [-0.2, -0.15) is 5.10 Å². The van der Waals surface area contributed by atoms with Crippen molar-refractivity contribution in [3.8, 4) is 5.75 Å². The summed E-state index contributed by atoms with van der Waals surface area (Å²) in [5, 5.41) is 13.2. The van der Waals surface area contributed by atoms with Crippen molar-refractivity contribution in [2.45, 2.75) is 27.2 Å². The summed E-state index contributed by atoms with van der Waals surface area (Å²) in [4.78, 5) is 11.4. The Morgan fingerprint density at radius 3 is 2.47 bits per heavy atom. The zero-order valence-corrected chi connectivity index (χ0v) is 10.4. The Bertz CT molecular complexity index is 408. The van der Waals surface area contributed by atoms with Gasteiger partial charge in [0.25, 0.3) is 0 Å². The number of nitrogens with zero attached hydrogens (tertiary/aromatic N) is 1. The maximum Gasteiger partial charge on any atom is 0.240 e. The normalized spacial score (nSPS) is 11.6. The number of phenols is 1. The lowest BCUT2D eigenvalue weighted by atomic mass is 10.1. The number of nitrogens with one attached hydrogen (secondary N) is 1. The van der Waals surface area contributed by atoms with Gasteiger partial charge < -0.3 is 5.11 Å². The lowest BCUT2D eigenvalue weighted by Crippen LogP contribution is -2.20. The first kappa shape index (κ1) is 13.2. The van der Waals surface area contributed by atoms with Gasteiger partial charge in [0.05, 0.1) is 5.71 Å². The highest BCUT2D eigenvalue weighted by Crippen LogP contribution is 2.10. The highest BCUT2D eigenvalue weighted by atomic mass is 16.3. The summed E-state index contributed by atoms with van der Waals surface area (Å²) < 4.78 is 0. The van der Waals surface area contributed by atoms with Crippen LogP contribution in [0, 0.1) is 5.92 Å². The highest BCUT2D eigenvalue weighted by molar-refractivity contribution is 5.99. The van der Waals surface area contributed by atoms with Gasteiger partial charge in [0.15, 0.2) is 0 Å². The molecule has 4 nitrogen and oxygen atoms in total. The Kier molecular flexibility index (Phi) is 4.69. The van der Waals surface area contributed by atoms with Crippen LogP contribution in [-0.4, -0.2) is 16.7 Å². The monoisotopic (exact) mass is 234 g/mol. The average molecular weight is 234 g/mol. The highest BCUT2D eigenvalue weighted by Gasteiger charge is 2.03. The molecule has 0 saturated carbocycles. The zero-order chi connectivity index (χ0) is 12.8. The number of aromatic hydroxyl groups is 1. The molecule has 0 radical (unpaired) electrons. The van der Waals surface area contributed by atoms with Crippen molar-refractivity contribution in [2.24, 2.45) is 11.0 Å². The standard InChI is InChI=1S/C13H18N2O2/c1-9(2)8-13(17)15-14-10(3)11-4-6-12(16)7-5-11/h4-7,9,16H,8H2,1-3H3,(H,15,17). The molecule has 1 aromatic rings. The summed E-state index contributed by atoms with van der Waals surface area (Å²) in [5.41, 5.74) is 4.09. The summed E-state index contributed by atoms with van der Waals surface area (Å²) in [6.45, 7) is 5.77. The fraction of sp³-hybridized carbons (Fsp3) is 0.385. The number of rotatable bonds is 4. The topological polar surface area (TPSA) is 61.7 Å². The van der Waals surface area contributed by atoms with E-state index in [0.29, 0.717) is 18.1 Å². The van der Waals surface area contributed by atoms with Crippen molar-refractivity contribution in [1.82, 2.24) is 5.43 Å². The van der Waals surface area contributed by atoms with Gasteiger partial charge in [-0.15, -0.1) is 0 Å². The van der Waals surface area contributed by atoms with Gasteiger partial charge in [-0.25, -0.2) is 5.43 Å². The minimum Gasteiger partial charge on any atom is -0.508 e. The number of hydrazone groups is 1. The van der Waals surface area contributed by atoms with Crippen LogP contribution in [0.5, 0.6) is 5.75 Å². The van der Waals surface area contributed by atoms with Crippen LogP contribution in [0.3, 0.4) is 0 Å². The van der Waals surface area contributed by atoms with Gasteiger partial charge in [-0.1, -0.05) is 13.8 Å². The molecule has 92 valence electrons. The second kappa shape index (κ2) is 6.03. The predicted molar refractivity (Wildman–Crippen MR) is 67.9 cm³/mol. The number of phenolic OH excluding ortho intramolecular Hbond substituents is 1. The van der Waals surface area contributed by atoms with E-state index >= 15 is 0 Å². The third-order valence-electron chi connectivity index (χ3n) is 2.23. The molecule has 1 amide bonds. The first-order chi connectivity index (χ1) is 7.99. The largest absolute Gasteiger partial charge is 0.508 e. The van der Waals surface area contributed by atoms with E-state index in [4.69, 9.17) is 5.11 Å². The van der Waals surface area contributed by atoms with E-state index in [2.05, 4.69) is 10.5 Å². The van der Waals surface area contributed by atoms with E-state index in [1.807, 2.05) is 20.8 Å². The average Bonchev–Trinajstić information content (AvgIpc) is 2.26. The van der Waals surface area contributed by atoms with E-state index in [0.717, 1.165) is 5.56 Å². The van der Waals surface area contributed by atoms with Crippen molar-refractivity contribution in [2.75, 3.05) is 0 Å². The van der Waals surface area contributed by atoms with E-state index in [1.165, 1.54) is 0 Å². The second-order valence-corrected chi connectivity index (χ2v) is 4.38. The van der Waals surface area contributed by atoms with E-state index in [9.17, 15) is 4.79 Å². The summed E-state index contributed by atoms with van der Waals surface area (Å²) in [6.07, 6.45) is 0.465. The maximum atomic E-state index is 11.4. The molecule has 1 rings (SSSR count).